The second-order valence-electron chi connectivity index (χ2n) is 5.88. The van der Waals surface area contributed by atoms with Crippen LogP contribution < -0.4 is 3.11 Å². The number of nitrogens with zero attached hydrogens (tertiary/aromatic N) is 2. The number of alkyl halides is 3. The van der Waals surface area contributed by atoms with Gasteiger partial charge in [0.05, 0.1) is 51.4 Å². The minimum atomic E-state index is -4.50. The van der Waals surface area contributed by atoms with Gasteiger partial charge in [0.1, 0.15) is 5.58 Å². The predicted octanol–water partition coefficient (Wildman–Crippen LogP) is 6.96. The Morgan fingerprint density at radius 3 is 2.15 bits per heavy atom. The highest BCUT2D eigenvalue weighted by Crippen LogP contribution is 2.43. The minimum Gasteiger partial charge on any atom is -0.453 e. The Labute approximate surface area is 166 Å². The Morgan fingerprint density at radius 1 is 0.889 bits per heavy atom. The van der Waals surface area contributed by atoms with E-state index >= 15 is 0 Å². The number of nitriles is 1. The van der Waals surface area contributed by atoms with Crippen molar-refractivity contribution in [2.75, 3.05) is 3.11 Å². The fourth-order valence-electron chi connectivity index (χ4n) is 2.99. The molecule has 0 bridgehead atoms. The zero-order chi connectivity index (χ0) is 19.2. The molecule has 0 N–H and O–H groups in total. The molecule has 0 saturated carbocycles. The van der Waals surface area contributed by atoms with Crippen molar-refractivity contribution in [1.82, 2.24) is 0 Å². The Bertz CT molecular complexity index is 1190. The summed E-state index contributed by atoms with van der Waals surface area (Å²) < 4.78 is 47.5. The number of anilines is 2. The summed E-state index contributed by atoms with van der Waals surface area (Å²) in [5.41, 5.74) is 1.35. The third-order valence-electron chi connectivity index (χ3n) is 4.24. The topological polar surface area (TPSA) is 40.2 Å². The van der Waals surface area contributed by atoms with E-state index in [1.165, 1.54) is 6.07 Å². The van der Waals surface area contributed by atoms with Gasteiger partial charge in [-0.2, -0.15) is 18.4 Å². The molecule has 134 valence electrons. The molecule has 0 saturated heterocycles. The SMILES string of the molecule is N#Cc1ccc(N(I)c2cccc3c2oc2c(C(F)(F)F)cccc23)cc1. The lowest BCUT2D eigenvalue weighted by molar-refractivity contribution is -0.136. The molecule has 0 aliphatic rings. The Morgan fingerprint density at radius 2 is 1.52 bits per heavy atom. The van der Waals surface area contributed by atoms with Crippen molar-refractivity contribution in [3.05, 3.63) is 71.8 Å². The number of benzene rings is 3. The number of hydrogen-bond acceptors (Lipinski definition) is 3. The Kier molecular flexibility index (Phi) is 4.23. The third-order valence-corrected chi connectivity index (χ3v) is 5.32. The van der Waals surface area contributed by atoms with Gasteiger partial charge in [-0.1, -0.05) is 24.3 Å². The highest BCUT2D eigenvalue weighted by molar-refractivity contribution is 14.1. The fraction of sp³-hybridized carbons (Fsp3) is 0.0500. The molecule has 1 heterocycles. The quantitative estimate of drug-likeness (QED) is 0.231. The highest BCUT2D eigenvalue weighted by atomic mass is 127. The summed E-state index contributed by atoms with van der Waals surface area (Å²) >= 11 is 2.06. The Balaban J connectivity index is 1.93. The molecular weight excluding hydrogens is 468 g/mol. The molecule has 0 aliphatic heterocycles. The molecule has 3 aromatic carbocycles. The van der Waals surface area contributed by atoms with Crippen LogP contribution in [-0.4, -0.2) is 0 Å². The molecule has 0 aliphatic carbocycles. The summed E-state index contributed by atoms with van der Waals surface area (Å²) in [5, 5.41) is 9.96. The van der Waals surface area contributed by atoms with Crippen LogP contribution in [0.2, 0.25) is 0 Å². The maximum Gasteiger partial charge on any atom is 0.420 e. The standard InChI is InChI=1S/C20H10F3IN2O/c21-20(22,23)16-5-1-3-14-15-4-2-6-17(19(15)27-18(14)16)26(24)13-9-7-12(11-25)8-10-13/h1-10H. The Hall–Kier alpha value is -2.73. The second kappa shape index (κ2) is 6.46. The molecule has 4 rings (SSSR count). The van der Waals surface area contributed by atoms with Gasteiger partial charge in [0.15, 0.2) is 5.58 Å². The summed E-state index contributed by atoms with van der Waals surface area (Å²) in [6, 6.07) is 18.3. The zero-order valence-electron chi connectivity index (χ0n) is 13.6. The first kappa shape index (κ1) is 17.7. The number of hydrogen-bond donors (Lipinski definition) is 0. The summed E-state index contributed by atoms with van der Waals surface area (Å²) in [7, 11) is 0. The van der Waals surface area contributed by atoms with Gasteiger partial charge in [0.25, 0.3) is 0 Å². The van der Waals surface area contributed by atoms with E-state index in [1.807, 2.05) is 0 Å². The summed E-state index contributed by atoms with van der Waals surface area (Å²) in [6.45, 7) is 0. The fourth-order valence-corrected chi connectivity index (χ4v) is 3.69. The van der Waals surface area contributed by atoms with Crippen LogP contribution in [-0.2, 0) is 6.18 Å². The lowest BCUT2D eigenvalue weighted by Crippen LogP contribution is -2.04. The monoisotopic (exact) mass is 478 g/mol. The van der Waals surface area contributed by atoms with Gasteiger partial charge in [-0.3, -0.25) is 3.11 Å². The average Bonchev–Trinajstić information content (AvgIpc) is 3.05. The van der Waals surface area contributed by atoms with E-state index in [0.717, 1.165) is 11.8 Å². The zero-order valence-corrected chi connectivity index (χ0v) is 15.7. The largest absolute Gasteiger partial charge is 0.453 e. The summed E-state index contributed by atoms with van der Waals surface area (Å²) in [5.74, 6) is 0. The third kappa shape index (κ3) is 3.00. The normalized spacial score (nSPS) is 11.7. The van der Waals surface area contributed by atoms with Crippen LogP contribution in [0.15, 0.2) is 65.1 Å². The van der Waals surface area contributed by atoms with Crippen molar-refractivity contribution in [3.63, 3.8) is 0 Å². The molecule has 1 aromatic heterocycles. The van der Waals surface area contributed by atoms with E-state index in [0.29, 0.717) is 27.6 Å². The summed E-state index contributed by atoms with van der Waals surface area (Å²) in [6.07, 6.45) is -4.50. The molecule has 0 radical (unpaired) electrons. The van der Waals surface area contributed by atoms with Gasteiger partial charge in [-0.25, -0.2) is 0 Å². The van der Waals surface area contributed by atoms with Crippen molar-refractivity contribution in [2.24, 2.45) is 0 Å². The van der Waals surface area contributed by atoms with Crippen LogP contribution in [0.4, 0.5) is 24.5 Å². The molecule has 7 heteroatoms. The molecular formula is C20H10F3IN2O. The van der Waals surface area contributed by atoms with Crippen molar-refractivity contribution >= 4 is 56.2 Å². The van der Waals surface area contributed by atoms with E-state index in [4.69, 9.17) is 9.68 Å². The van der Waals surface area contributed by atoms with Gasteiger partial charge in [0.2, 0.25) is 0 Å². The molecule has 0 atom stereocenters. The van der Waals surface area contributed by atoms with E-state index in [9.17, 15) is 13.2 Å². The molecule has 4 aromatic rings. The van der Waals surface area contributed by atoms with Gasteiger partial charge in [-0.05, 0) is 36.4 Å². The average molecular weight is 478 g/mol. The smallest absolute Gasteiger partial charge is 0.420 e. The van der Waals surface area contributed by atoms with Crippen LogP contribution >= 0.6 is 22.9 Å². The van der Waals surface area contributed by atoms with Gasteiger partial charge in [-0.15, -0.1) is 0 Å². The number of para-hydroxylation sites is 2. The number of rotatable bonds is 2. The van der Waals surface area contributed by atoms with E-state index in [2.05, 4.69) is 28.9 Å². The van der Waals surface area contributed by atoms with Crippen LogP contribution in [0, 0.1) is 11.3 Å². The van der Waals surface area contributed by atoms with E-state index < -0.39 is 11.7 Å². The number of halogens is 4. The molecule has 0 fully saturated rings. The van der Waals surface area contributed by atoms with Crippen molar-refractivity contribution in [2.45, 2.75) is 6.18 Å². The minimum absolute atomic E-state index is 0.169. The maximum absolute atomic E-state index is 13.3. The second-order valence-corrected chi connectivity index (χ2v) is 6.84. The van der Waals surface area contributed by atoms with E-state index in [1.54, 1.807) is 51.6 Å². The van der Waals surface area contributed by atoms with Crippen molar-refractivity contribution in [1.29, 1.82) is 5.26 Å². The number of fused-ring (bicyclic) bond motifs is 3. The predicted molar refractivity (Wildman–Crippen MR) is 106 cm³/mol. The van der Waals surface area contributed by atoms with Gasteiger partial charge >= 0.3 is 6.18 Å². The number of furan rings is 1. The van der Waals surface area contributed by atoms with E-state index in [-0.39, 0.29) is 5.58 Å². The lowest BCUT2D eigenvalue weighted by atomic mass is 10.1. The first-order valence-electron chi connectivity index (χ1n) is 7.87. The first-order chi connectivity index (χ1) is 12.9. The molecule has 3 nitrogen and oxygen atoms in total. The summed E-state index contributed by atoms with van der Waals surface area (Å²) in [4.78, 5) is 0. The first-order valence-corrected chi connectivity index (χ1v) is 8.84. The van der Waals surface area contributed by atoms with Gasteiger partial charge < -0.3 is 4.42 Å². The van der Waals surface area contributed by atoms with Crippen molar-refractivity contribution < 1.29 is 17.6 Å². The van der Waals surface area contributed by atoms with Crippen LogP contribution in [0.3, 0.4) is 0 Å². The molecule has 0 amide bonds. The molecule has 27 heavy (non-hydrogen) atoms. The molecule has 0 spiro atoms. The maximum atomic E-state index is 13.3. The van der Waals surface area contributed by atoms with Crippen LogP contribution in [0.5, 0.6) is 0 Å². The van der Waals surface area contributed by atoms with Crippen LogP contribution in [0.1, 0.15) is 11.1 Å². The lowest BCUT2D eigenvalue weighted by Gasteiger charge is -2.17. The molecule has 0 unspecified atom stereocenters. The van der Waals surface area contributed by atoms with Crippen molar-refractivity contribution in [3.8, 4) is 6.07 Å². The van der Waals surface area contributed by atoms with Gasteiger partial charge in [0, 0.05) is 10.8 Å². The van der Waals surface area contributed by atoms with Crippen LogP contribution in [0.25, 0.3) is 21.9 Å². The highest BCUT2D eigenvalue weighted by Gasteiger charge is 2.34.